The first-order chi connectivity index (χ1) is 11.3. The predicted molar refractivity (Wildman–Crippen MR) is 91.9 cm³/mol. The van der Waals surface area contributed by atoms with Crippen LogP contribution in [0.4, 0.5) is 0 Å². The Hall–Kier alpha value is -2.71. The van der Waals surface area contributed by atoms with Gasteiger partial charge in [0.05, 0.1) is 5.56 Å². The molecule has 0 bridgehead atoms. The van der Waals surface area contributed by atoms with E-state index in [9.17, 15) is 5.26 Å². The molecule has 0 aliphatic rings. The van der Waals surface area contributed by atoms with Crippen LogP contribution in [0.2, 0.25) is 0 Å². The van der Waals surface area contributed by atoms with Crippen LogP contribution in [0.15, 0.2) is 54.1 Å². The van der Waals surface area contributed by atoms with Gasteiger partial charge in [-0.2, -0.15) is 5.26 Å². The summed E-state index contributed by atoms with van der Waals surface area (Å²) in [5, 5.41) is 10.5. The number of thioether (sulfide) groups is 1. The van der Waals surface area contributed by atoms with Gasteiger partial charge < -0.3 is 0 Å². The molecule has 0 fully saturated rings. The number of aryl methyl sites for hydroxylation is 1. The Morgan fingerprint density at radius 1 is 1.00 bits per heavy atom. The molecule has 0 N–H and O–H groups in total. The highest BCUT2D eigenvalue weighted by atomic mass is 32.2. The molecule has 3 rings (SSSR count). The molecule has 0 amide bonds. The summed E-state index contributed by atoms with van der Waals surface area (Å²) < 4.78 is 0. The highest BCUT2D eigenvalue weighted by Gasteiger charge is 2.20. The van der Waals surface area contributed by atoms with Crippen LogP contribution in [0.1, 0.15) is 11.3 Å². The minimum Gasteiger partial charge on any atom is -0.265 e. The monoisotopic (exact) mass is 318 g/mol. The van der Waals surface area contributed by atoms with E-state index in [1.807, 2.05) is 37.4 Å². The largest absolute Gasteiger partial charge is 0.265 e. The first-order valence-corrected chi connectivity index (χ1v) is 8.28. The lowest BCUT2D eigenvalue weighted by Gasteiger charge is -2.16. The standard InChI is InChI=1S/C18H14N4S/c1-12-16(13-5-8-20-9-6-13)17(14-4-3-7-21-11-14)15(10-19)18(22-12)23-2/h3-9,11H,1-2H3. The van der Waals surface area contributed by atoms with Gasteiger partial charge in [0.1, 0.15) is 11.1 Å². The summed E-state index contributed by atoms with van der Waals surface area (Å²) in [7, 11) is 0. The van der Waals surface area contributed by atoms with Crippen LogP contribution in [-0.2, 0) is 0 Å². The number of pyridine rings is 3. The van der Waals surface area contributed by atoms with Crippen molar-refractivity contribution in [2.75, 3.05) is 6.26 Å². The van der Waals surface area contributed by atoms with Gasteiger partial charge in [-0.25, -0.2) is 4.98 Å². The van der Waals surface area contributed by atoms with Crippen LogP contribution in [0.25, 0.3) is 22.3 Å². The minimum absolute atomic E-state index is 0.586. The Labute approximate surface area is 139 Å². The summed E-state index contributed by atoms with van der Waals surface area (Å²) in [4.78, 5) is 12.9. The SMILES string of the molecule is CSc1nc(C)c(-c2ccncc2)c(-c2cccnc2)c1C#N. The number of hydrogen-bond acceptors (Lipinski definition) is 5. The van der Waals surface area contributed by atoms with E-state index in [0.717, 1.165) is 33.0 Å². The van der Waals surface area contributed by atoms with Crippen LogP contribution in [0.3, 0.4) is 0 Å². The van der Waals surface area contributed by atoms with Crippen LogP contribution < -0.4 is 0 Å². The van der Waals surface area contributed by atoms with Gasteiger partial charge in [-0.15, -0.1) is 11.8 Å². The number of hydrogen-bond donors (Lipinski definition) is 0. The maximum atomic E-state index is 9.72. The molecule has 0 aliphatic carbocycles. The average molecular weight is 318 g/mol. The zero-order valence-corrected chi connectivity index (χ0v) is 13.6. The van der Waals surface area contributed by atoms with Crippen molar-refractivity contribution in [3.63, 3.8) is 0 Å². The van der Waals surface area contributed by atoms with Crippen LogP contribution in [0.5, 0.6) is 0 Å². The van der Waals surface area contributed by atoms with Crippen molar-refractivity contribution in [3.8, 4) is 28.3 Å². The first-order valence-electron chi connectivity index (χ1n) is 7.05. The molecule has 0 saturated heterocycles. The lowest BCUT2D eigenvalue weighted by molar-refractivity contribution is 1.05. The predicted octanol–water partition coefficient (Wildman–Crippen LogP) is 4.11. The van der Waals surface area contributed by atoms with Gasteiger partial charge in [-0.3, -0.25) is 9.97 Å². The lowest BCUT2D eigenvalue weighted by Crippen LogP contribution is -2.00. The molecule has 0 atom stereocenters. The molecule has 3 heterocycles. The second-order valence-corrected chi connectivity index (χ2v) is 5.72. The fraction of sp³-hybridized carbons (Fsp3) is 0.111. The van der Waals surface area contributed by atoms with Gasteiger partial charge in [0.15, 0.2) is 0 Å². The van der Waals surface area contributed by atoms with Crippen molar-refractivity contribution >= 4 is 11.8 Å². The molecule has 112 valence electrons. The van der Waals surface area contributed by atoms with Crippen LogP contribution >= 0.6 is 11.8 Å². The van der Waals surface area contributed by atoms with Gasteiger partial charge >= 0.3 is 0 Å². The van der Waals surface area contributed by atoms with E-state index < -0.39 is 0 Å². The third-order valence-electron chi connectivity index (χ3n) is 3.57. The molecule has 0 spiro atoms. The molecule has 23 heavy (non-hydrogen) atoms. The van der Waals surface area contributed by atoms with E-state index in [4.69, 9.17) is 0 Å². The molecule has 3 aromatic heterocycles. The lowest BCUT2D eigenvalue weighted by atomic mass is 9.92. The van der Waals surface area contributed by atoms with Crippen molar-refractivity contribution in [3.05, 3.63) is 60.3 Å². The zero-order valence-electron chi connectivity index (χ0n) is 12.8. The van der Waals surface area contributed by atoms with Crippen LogP contribution in [0, 0.1) is 18.3 Å². The Morgan fingerprint density at radius 2 is 1.78 bits per heavy atom. The molecular formula is C18H14N4S. The Balaban J connectivity index is 2.42. The topological polar surface area (TPSA) is 62.5 Å². The highest BCUT2D eigenvalue weighted by Crippen LogP contribution is 2.39. The molecule has 3 aromatic rings. The fourth-order valence-electron chi connectivity index (χ4n) is 2.60. The minimum atomic E-state index is 0.586. The smallest absolute Gasteiger partial charge is 0.114 e. The number of aromatic nitrogens is 3. The second kappa shape index (κ2) is 6.59. The molecule has 0 unspecified atom stereocenters. The maximum absolute atomic E-state index is 9.72. The summed E-state index contributed by atoms with van der Waals surface area (Å²) >= 11 is 1.48. The van der Waals surface area contributed by atoms with Gasteiger partial charge in [0.25, 0.3) is 0 Å². The van der Waals surface area contributed by atoms with E-state index in [1.54, 1.807) is 24.8 Å². The fourth-order valence-corrected chi connectivity index (χ4v) is 3.18. The summed E-state index contributed by atoms with van der Waals surface area (Å²) in [6, 6.07) is 10.0. The third kappa shape index (κ3) is 2.81. The first kappa shape index (κ1) is 15.2. The summed E-state index contributed by atoms with van der Waals surface area (Å²) in [6.45, 7) is 1.97. The molecule has 4 nitrogen and oxygen atoms in total. The normalized spacial score (nSPS) is 10.3. The van der Waals surface area contributed by atoms with Crippen molar-refractivity contribution in [1.82, 2.24) is 15.0 Å². The van der Waals surface area contributed by atoms with Crippen molar-refractivity contribution in [2.45, 2.75) is 11.9 Å². The van der Waals surface area contributed by atoms with Gasteiger partial charge in [-0.05, 0) is 36.9 Å². The van der Waals surface area contributed by atoms with Gasteiger partial charge in [0.2, 0.25) is 0 Å². The highest BCUT2D eigenvalue weighted by molar-refractivity contribution is 7.98. The molecule has 5 heteroatoms. The molecule has 0 aromatic carbocycles. The van der Waals surface area contributed by atoms with E-state index in [1.165, 1.54) is 11.8 Å². The maximum Gasteiger partial charge on any atom is 0.114 e. The Bertz CT molecular complexity index is 871. The Morgan fingerprint density at radius 3 is 2.39 bits per heavy atom. The average Bonchev–Trinajstić information content (AvgIpc) is 2.62. The molecule has 0 saturated carbocycles. The molecule has 0 radical (unpaired) electrons. The third-order valence-corrected chi connectivity index (χ3v) is 4.25. The van der Waals surface area contributed by atoms with Crippen LogP contribution in [-0.4, -0.2) is 21.2 Å². The van der Waals surface area contributed by atoms with E-state index in [0.29, 0.717) is 5.56 Å². The van der Waals surface area contributed by atoms with Gasteiger partial charge in [-0.1, -0.05) is 6.07 Å². The Kier molecular flexibility index (Phi) is 4.35. The van der Waals surface area contributed by atoms with E-state index in [2.05, 4.69) is 21.0 Å². The van der Waals surface area contributed by atoms with Crippen molar-refractivity contribution < 1.29 is 0 Å². The van der Waals surface area contributed by atoms with Gasteiger partial charge in [0, 0.05) is 47.2 Å². The summed E-state index contributed by atoms with van der Waals surface area (Å²) in [6.07, 6.45) is 8.93. The van der Waals surface area contributed by atoms with E-state index >= 15 is 0 Å². The quantitative estimate of drug-likeness (QED) is 0.680. The summed E-state index contributed by atoms with van der Waals surface area (Å²) in [5.41, 5.74) is 5.21. The second-order valence-electron chi connectivity index (χ2n) is 4.92. The number of nitriles is 1. The molecule has 0 aliphatic heterocycles. The van der Waals surface area contributed by atoms with E-state index in [-0.39, 0.29) is 0 Å². The van der Waals surface area contributed by atoms with Crippen molar-refractivity contribution in [1.29, 1.82) is 5.26 Å². The number of rotatable bonds is 3. The molecular weight excluding hydrogens is 304 g/mol. The zero-order chi connectivity index (χ0) is 16.2. The van der Waals surface area contributed by atoms with Crippen molar-refractivity contribution in [2.24, 2.45) is 0 Å². The summed E-state index contributed by atoms with van der Waals surface area (Å²) in [5.74, 6) is 0. The number of nitrogens with zero attached hydrogens (tertiary/aromatic N) is 4.